The van der Waals surface area contributed by atoms with E-state index in [9.17, 15) is 4.79 Å². The van der Waals surface area contributed by atoms with Gasteiger partial charge in [0.15, 0.2) is 0 Å². The second-order valence-corrected chi connectivity index (χ2v) is 6.54. The average Bonchev–Trinajstić information content (AvgIpc) is 2.98. The van der Waals surface area contributed by atoms with Crippen molar-refractivity contribution in [2.75, 3.05) is 13.1 Å². The Bertz CT molecular complexity index is 807. The molecule has 1 N–H and O–H groups in total. The van der Waals surface area contributed by atoms with Gasteiger partial charge in [0.05, 0.1) is 0 Å². The van der Waals surface area contributed by atoms with Gasteiger partial charge >= 0.3 is 0 Å². The monoisotopic (exact) mass is 310 g/mol. The van der Waals surface area contributed by atoms with Crippen LogP contribution in [0.1, 0.15) is 36.0 Å². The van der Waals surface area contributed by atoms with Crippen LogP contribution in [0, 0.1) is 17.2 Å². The molecule has 4 unspecified atom stereocenters. The van der Waals surface area contributed by atoms with E-state index >= 15 is 0 Å². The van der Waals surface area contributed by atoms with Crippen molar-refractivity contribution in [3.63, 3.8) is 0 Å². The number of aromatic nitrogens is 1. The Balaban J connectivity index is 1.52. The Hall–Kier alpha value is -2.39. The smallest absolute Gasteiger partial charge is 0.270 e. The van der Waals surface area contributed by atoms with Gasteiger partial charge < -0.3 is 9.73 Å². The molecule has 3 fully saturated rings. The maximum Gasteiger partial charge on any atom is 0.270 e. The fourth-order valence-corrected chi connectivity index (χ4v) is 3.81. The molecule has 5 rings (SSSR count). The highest BCUT2D eigenvalue weighted by molar-refractivity contribution is 5.95. The largest absolute Gasteiger partial charge is 0.445 e. The van der Waals surface area contributed by atoms with Gasteiger partial charge in [-0.1, -0.05) is 0 Å². The molecule has 2 aromatic rings. The lowest BCUT2D eigenvalue weighted by Gasteiger charge is -2.48. The molecule has 3 saturated heterocycles. The first kappa shape index (κ1) is 14.2. The van der Waals surface area contributed by atoms with E-state index in [4.69, 9.17) is 9.68 Å². The number of hydrogen-bond donors (Lipinski definition) is 1. The number of nitrogens with zero attached hydrogens (tertiary/aromatic N) is 3. The summed E-state index contributed by atoms with van der Waals surface area (Å²) in [7, 11) is 0. The number of nitriles is 1. The van der Waals surface area contributed by atoms with E-state index in [0.29, 0.717) is 23.2 Å². The highest BCUT2D eigenvalue weighted by atomic mass is 16.3. The molecule has 0 saturated carbocycles. The third-order valence-corrected chi connectivity index (χ3v) is 5.12. The van der Waals surface area contributed by atoms with Crippen molar-refractivity contribution in [1.82, 2.24) is 15.2 Å². The highest BCUT2D eigenvalue weighted by Gasteiger charge is 2.38. The van der Waals surface area contributed by atoms with Crippen molar-refractivity contribution in [2.24, 2.45) is 5.92 Å². The van der Waals surface area contributed by atoms with Crippen molar-refractivity contribution in [1.29, 1.82) is 5.26 Å². The zero-order chi connectivity index (χ0) is 16.0. The molecule has 3 aliphatic heterocycles. The topological polar surface area (TPSA) is 82.2 Å². The molecule has 0 radical (unpaired) electrons. The van der Waals surface area contributed by atoms with E-state index in [1.807, 2.05) is 6.07 Å². The molecule has 0 aromatic carbocycles. The minimum atomic E-state index is -0.173. The summed E-state index contributed by atoms with van der Waals surface area (Å²) in [6, 6.07) is 5.99. The number of amides is 1. The van der Waals surface area contributed by atoms with Crippen molar-refractivity contribution >= 4 is 16.9 Å². The first-order valence-electron chi connectivity index (χ1n) is 7.98. The predicted molar refractivity (Wildman–Crippen MR) is 83.7 cm³/mol. The van der Waals surface area contributed by atoms with Crippen molar-refractivity contribution in [3.8, 4) is 6.07 Å². The van der Waals surface area contributed by atoms with Crippen LogP contribution in [0.2, 0.25) is 0 Å². The molecule has 2 bridgehead atoms. The lowest BCUT2D eigenvalue weighted by atomic mass is 9.80. The quantitative estimate of drug-likeness (QED) is 0.916. The Morgan fingerprint density at radius 1 is 1.52 bits per heavy atom. The van der Waals surface area contributed by atoms with Gasteiger partial charge in [-0.2, -0.15) is 5.26 Å². The van der Waals surface area contributed by atoms with Gasteiger partial charge in [-0.05, 0) is 32.2 Å². The molecule has 23 heavy (non-hydrogen) atoms. The zero-order valence-corrected chi connectivity index (χ0v) is 13.0. The maximum absolute atomic E-state index is 12.5. The van der Waals surface area contributed by atoms with Crippen LogP contribution in [0.3, 0.4) is 0 Å². The van der Waals surface area contributed by atoms with Crippen LogP contribution < -0.4 is 5.32 Å². The third kappa shape index (κ3) is 2.47. The van der Waals surface area contributed by atoms with Crippen molar-refractivity contribution in [2.45, 2.75) is 31.8 Å². The van der Waals surface area contributed by atoms with E-state index < -0.39 is 0 Å². The van der Waals surface area contributed by atoms with Crippen LogP contribution in [0.5, 0.6) is 0 Å². The lowest BCUT2D eigenvalue weighted by molar-refractivity contribution is 0.0273. The van der Waals surface area contributed by atoms with Crippen LogP contribution in [0.4, 0.5) is 0 Å². The molecule has 4 atom stereocenters. The first-order chi connectivity index (χ1) is 11.1. The van der Waals surface area contributed by atoms with Crippen LogP contribution >= 0.6 is 0 Å². The first-order valence-corrected chi connectivity index (χ1v) is 7.98. The molecule has 3 aliphatic rings. The SMILES string of the molecule is CC1CC2CCN1CC2NC(=O)c1cc2oc(C#N)cc2cn1. The van der Waals surface area contributed by atoms with E-state index in [1.165, 1.54) is 0 Å². The third-order valence-electron chi connectivity index (χ3n) is 5.12. The second kappa shape index (κ2) is 5.36. The number of fused-ring (bicyclic) bond motifs is 4. The summed E-state index contributed by atoms with van der Waals surface area (Å²) in [5, 5.41) is 12.7. The number of hydrogen-bond acceptors (Lipinski definition) is 5. The Morgan fingerprint density at radius 3 is 3.09 bits per heavy atom. The van der Waals surface area contributed by atoms with Crippen LogP contribution in [-0.4, -0.2) is 41.0 Å². The van der Waals surface area contributed by atoms with Crippen LogP contribution in [0.25, 0.3) is 11.0 Å². The van der Waals surface area contributed by atoms with Gasteiger partial charge in [-0.25, -0.2) is 0 Å². The Morgan fingerprint density at radius 2 is 2.39 bits per heavy atom. The van der Waals surface area contributed by atoms with Gasteiger partial charge in [-0.15, -0.1) is 0 Å². The molecular formula is C17H18N4O2. The second-order valence-electron chi connectivity index (χ2n) is 6.54. The van der Waals surface area contributed by atoms with Gasteiger partial charge in [0.25, 0.3) is 5.91 Å². The fourth-order valence-electron chi connectivity index (χ4n) is 3.81. The van der Waals surface area contributed by atoms with Gasteiger partial charge in [0.2, 0.25) is 5.76 Å². The molecule has 6 heteroatoms. The molecule has 118 valence electrons. The number of rotatable bonds is 2. The fraction of sp³-hybridized carbons (Fsp3) is 0.471. The summed E-state index contributed by atoms with van der Waals surface area (Å²) in [5.74, 6) is 0.607. The summed E-state index contributed by atoms with van der Waals surface area (Å²) < 4.78 is 5.37. The summed E-state index contributed by atoms with van der Waals surface area (Å²) in [4.78, 5) is 19.1. The standard InChI is InChI=1S/C17H18N4O2/c1-10-4-11-2-3-21(10)9-15(11)20-17(22)14-6-16-12(8-19-14)5-13(7-18)23-16/h5-6,8,10-11,15H,2-4,9H2,1H3,(H,20,22). The van der Waals surface area contributed by atoms with Gasteiger partial charge in [-0.3, -0.25) is 14.7 Å². The molecule has 6 nitrogen and oxygen atoms in total. The average molecular weight is 310 g/mol. The Labute approximate surface area is 134 Å². The number of carbonyl (C=O) groups is 1. The summed E-state index contributed by atoms with van der Waals surface area (Å²) in [6.45, 7) is 4.30. The number of carbonyl (C=O) groups excluding carboxylic acids is 1. The van der Waals surface area contributed by atoms with Crippen LogP contribution in [0.15, 0.2) is 22.7 Å². The van der Waals surface area contributed by atoms with E-state index in [2.05, 4.69) is 22.1 Å². The zero-order valence-electron chi connectivity index (χ0n) is 13.0. The summed E-state index contributed by atoms with van der Waals surface area (Å²) >= 11 is 0. The van der Waals surface area contributed by atoms with Gasteiger partial charge in [0, 0.05) is 42.3 Å². The summed E-state index contributed by atoms with van der Waals surface area (Å²) in [5.41, 5.74) is 0.852. The number of piperidine rings is 3. The maximum atomic E-state index is 12.5. The number of pyridine rings is 1. The lowest BCUT2D eigenvalue weighted by Crippen LogP contribution is -2.60. The molecule has 5 heterocycles. The van der Waals surface area contributed by atoms with Crippen molar-refractivity contribution < 1.29 is 9.21 Å². The van der Waals surface area contributed by atoms with E-state index in [1.54, 1.807) is 18.3 Å². The normalized spacial score (nSPS) is 29.4. The van der Waals surface area contributed by atoms with Gasteiger partial charge in [0.1, 0.15) is 17.3 Å². The Kier molecular flexibility index (Phi) is 3.31. The van der Waals surface area contributed by atoms with E-state index in [0.717, 1.165) is 31.3 Å². The minimum absolute atomic E-state index is 0.173. The molecule has 0 aliphatic carbocycles. The summed E-state index contributed by atoms with van der Waals surface area (Å²) in [6.07, 6.45) is 3.86. The van der Waals surface area contributed by atoms with E-state index in [-0.39, 0.29) is 17.7 Å². The minimum Gasteiger partial charge on any atom is -0.445 e. The molecule has 2 aromatic heterocycles. The number of nitrogens with one attached hydrogen (secondary N) is 1. The molecular weight excluding hydrogens is 292 g/mol. The van der Waals surface area contributed by atoms with Crippen LogP contribution in [-0.2, 0) is 0 Å². The number of furan rings is 1. The van der Waals surface area contributed by atoms with Crippen molar-refractivity contribution in [3.05, 3.63) is 29.8 Å². The molecule has 1 amide bonds. The highest BCUT2D eigenvalue weighted by Crippen LogP contribution is 2.32. The predicted octanol–water partition coefficient (Wildman–Crippen LogP) is 1.91. The molecule has 0 spiro atoms.